The normalized spacial score (nSPS) is 10.0. The number of carbonyl (C=O) groups excluding carboxylic acids is 2. The molecule has 1 aromatic rings. The summed E-state index contributed by atoms with van der Waals surface area (Å²) >= 11 is 0. The molecule has 3 N–H and O–H groups in total. The Labute approximate surface area is 124 Å². The van der Waals surface area contributed by atoms with E-state index in [0.717, 1.165) is 12.8 Å². The lowest BCUT2D eigenvalue weighted by Gasteiger charge is -2.07. The van der Waals surface area contributed by atoms with E-state index in [1.54, 1.807) is 24.3 Å². The second-order valence-electron chi connectivity index (χ2n) is 4.45. The number of unbranched alkanes of at least 4 members (excludes halogenated alkanes) is 2. The summed E-state index contributed by atoms with van der Waals surface area (Å²) in [5.41, 5.74) is 0.541. The summed E-state index contributed by atoms with van der Waals surface area (Å²) in [6.07, 6.45) is 2.26. The van der Waals surface area contributed by atoms with Crippen LogP contribution in [0, 0.1) is 0 Å². The van der Waals surface area contributed by atoms with Crippen molar-refractivity contribution in [2.75, 3.05) is 25.1 Å². The molecule has 21 heavy (non-hydrogen) atoms. The molecule has 1 aromatic carbocycles. The van der Waals surface area contributed by atoms with Gasteiger partial charge in [0, 0.05) is 18.8 Å². The summed E-state index contributed by atoms with van der Waals surface area (Å²) in [6.45, 7) is 3.03. The van der Waals surface area contributed by atoms with Crippen molar-refractivity contribution in [1.82, 2.24) is 5.32 Å². The van der Waals surface area contributed by atoms with Gasteiger partial charge < -0.3 is 20.5 Å². The first-order valence-electron chi connectivity index (χ1n) is 7.10. The molecular weight excluding hydrogens is 272 g/mol. The van der Waals surface area contributed by atoms with Crippen LogP contribution in [0.4, 0.5) is 5.69 Å². The minimum absolute atomic E-state index is 0.145. The SMILES string of the molecule is CCOc1ccc(NC(=O)C(=O)NCCCCCO)cc1. The number of anilines is 1. The number of nitrogens with one attached hydrogen (secondary N) is 2. The van der Waals surface area contributed by atoms with E-state index in [1.165, 1.54) is 0 Å². The van der Waals surface area contributed by atoms with Gasteiger partial charge in [-0.1, -0.05) is 0 Å². The zero-order chi connectivity index (χ0) is 15.5. The second kappa shape index (κ2) is 9.77. The molecule has 0 atom stereocenters. The average Bonchev–Trinajstić information content (AvgIpc) is 2.49. The van der Waals surface area contributed by atoms with Gasteiger partial charge in [0.15, 0.2) is 0 Å². The Morgan fingerprint density at radius 3 is 2.43 bits per heavy atom. The van der Waals surface area contributed by atoms with Crippen LogP contribution in [0.1, 0.15) is 26.2 Å². The molecule has 0 fully saturated rings. The van der Waals surface area contributed by atoms with Crippen LogP contribution in [0.5, 0.6) is 5.75 Å². The van der Waals surface area contributed by atoms with Crippen molar-refractivity contribution in [3.63, 3.8) is 0 Å². The summed E-state index contributed by atoms with van der Waals surface area (Å²) < 4.78 is 5.29. The van der Waals surface area contributed by atoms with Crippen molar-refractivity contribution in [2.45, 2.75) is 26.2 Å². The van der Waals surface area contributed by atoms with Crippen LogP contribution in [0.3, 0.4) is 0 Å². The smallest absolute Gasteiger partial charge is 0.313 e. The predicted octanol–water partition coefficient (Wildman–Crippen LogP) is 1.30. The summed E-state index contributed by atoms with van der Waals surface area (Å²) in [4.78, 5) is 23.2. The Bertz CT molecular complexity index is 445. The molecule has 0 radical (unpaired) electrons. The first kappa shape index (κ1) is 17.0. The molecule has 0 saturated carbocycles. The van der Waals surface area contributed by atoms with Crippen LogP contribution in [-0.2, 0) is 9.59 Å². The van der Waals surface area contributed by atoms with Crippen LogP contribution in [-0.4, -0.2) is 36.7 Å². The maximum absolute atomic E-state index is 11.6. The molecule has 2 amide bonds. The highest BCUT2D eigenvalue weighted by Gasteiger charge is 2.12. The molecule has 0 aromatic heterocycles. The third kappa shape index (κ3) is 6.76. The van der Waals surface area contributed by atoms with Gasteiger partial charge in [-0.3, -0.25) is 9.59 Å². The lowest BCUT2D eigenvalue weighted by Crippen LogP contribution is -2.35. The third-order valence-corrected chi connectivity index (χ3v) is 2.75. The van der Waals surface area contributed by atoms with Crippen LogP contribution < -0.4 is 15.4 Å². The van der Waals surface area contributed by atoms with Gasteiger partial charge in [0.25, 0.3) is 0 Å². The van der Waals surface area contributed by atoms with Crippen LogP contribution in [0.2, 0.25) is 0 Å². The van der Waals surface area contributed by atoms with E-state index in [9.17, 15) is 9.59 Å². The molecule has 6 nitrogen and oxygen atoms in total. The largest absolute Gasteiger partial charge is 0.494 e. The van der Waals surface area contributed by atoms with Gasteiger partial charge in [-0.15, -0.1) is 0 Å². The highest BCUT2D eigenvalue weighted by Crippen LogP contribution is 2.15. The molecule has 0 saturated heterocycles. The zero-order valence-corrected chi connectivity index (χ0v) is 12.2. The first-order chi connectivity index (χ1) is 10.2. The fourth-order valence-corrected chi connectivity index (χ4v) is 1.68. The maximum atomic E-state index is 11.6. The number of amides is 2. The van der Waals surface area contributed by atoms with Gasteiger partial charge >= 0.3 is 11.8 Å². The van der Waals surface area contributed by atoms with Gasteiger partial charge in [-0.2, -0.15) is 0 Å². The van der Waals surface area contributed by atoms with Crippen LogP contribution in [0.25, 0.3) is 0 Å². The minimum atomic E-state index is -0.693. The van der Waals surface area contributed by atoms with Crippen molar-refractivity contribution in [2.24, 2.45) is 0 Å². The standard InChI is InChI=1S/C15H22N2O4/c1-2-21-13-8-6-12(7-9-13)17-15(20)14(19)16-10-4-3-5-11-18/h6-9,18H,2-5,10-11H2,1H3,(H,16,19)(H,17,20). The van der Waals surface area contributed by atoms with E-state index in [0.29, 0.717) is 31.0 Å². The molecule has 0 bridgehead atoms. The zero-order valence-electron chi connectivity index (χ0n) is 12.2. The van der Waals surface area contributed by atoms with E-state index < -0.39 is 11.8 Å². The molecule has 0 unspecified atom stereocenters. The number of hydrogen-bond acceptors (Lipinski definition) is 4. The summed E-state index contributed by atoms with van der Waals surface area (Å²) in [6, 6.07) is 6.81. The lowest BCUT2D eigenvalue weighted by atomic mass is 10.2. The van der Waals surface area contributed by atoms with E-state index in [1.807, 2.05) is 6.92 Å². The van der Waals surface area contributed by atoms with E-state index in [-0.39, 0.29) is 6.61 Å². The summed E-state index contributed by atoms with van der Waals surface area (Å²) in [5, 5.41) is 13.7. The van der Waals surface area contributed by atoms with Crippen molar-refractivity contribution in [3.05, 3.63) is 24.3 Å². The number of aliphatic hydroxyl groups excluding tert-OH is 1. The second-order valence-corrected chi connectivity index (χ2v) is 4.45. The highest BCUT2D eigenvalue weighted by atomic mass is 16.5. The summed E-state index contributed by atoms with van der Waals surface area (Å²) in [5.74, 6) is -0.641. The molecule has 0 heterocycles. The number of ether oxygens (including phenoxy) is 1. The Morgan fingerprint density at radius 1 is 1.10 bits per heavy atom. The topological polar surface area (TPSA) is 87.7 Å². The van der Waals surface area contributed by atoms with Crippen LogP contribution >= 0.6 is 0 Å². The molecular formula is C15H22N2O4. The summed E-state index contributed by atoms with van der Waals surface area (Å²) in [7, 11) is 0. The quantitative estimate of drug-likeness (QED) is 0.498. The molecule has 0 spiro atoms. The first-order valence-corrected chi connectivity index (χ1v) is 7.10. The number of carbonyl (C=O) groups is 2. The van der Waals surface area contributed by atoms with Gasteiger partial charge in [-0.25, -0.2) is 0 Å². The van der Waals surface area contributed by atoms with Crippen LogP contribution in [0.15, 0.2) is 24.3 Å². The van der Waals surface area contributed by atoms with Crippen molar-refractivity contribution < 1.29 is 19.4 Å². The Morgan fingerprint density at radius 2 is 1.81 bits per heavy atom. The van der Waals surface area contributed by atoms with E-state index in [2.05, 4.69) is 10.6 Å². The number of rotatable bonds is 8. The molecule has 0 aliphatic rings. The fraction of sp³-hybridized carbons (Fsp3) is 0.467. The predicted molar refractivity (Wildman–Crippen MR) is 80.2 cm³/mol. The lowest BCUT2D eigenvalue weighted by molar-refractivity contribution is -0.136. The maximum Gasteiger partial charge on any atom is 0.313 e. The number of aliphatic hydroxyl groups is 1. The van der Waals surface area contributed by atoms with Gasteiger partial charge in [0.05, 0.1) is 6.61 Å². The van der Waals surface area contributed by atoms with Gasteiger partial charge in [0.2, 0.25) is 0 Å². The Hall–Kier alpha value is -2.08. The molecule has 0 aliphatic carbocycles. The molecule has 1 rings (SSSR count). The molecule has 0 aliphatic heterocycles. The monoisotopic (exact) mass is 294 g/mol. The van der Waals surface area contributed by atoms with Crippen molar-refractivity contribution in [3.8, 4) is 5.75 Å². The van der Waals surface area contributed by atoms with Gasteiger partial charge in [-0.05, 0) is 50.5 Å². The number of hydrogen-bond donors (Lipinski definition) is 3. The minimum Gasteiger partial charge on any atom is -0.494 e. The average molecular weight is 294 g/mol. The highest BCUT2D eigenvalue weighted by molar-refractivity contribution is 6.39. The van der Waals surface area contributed by atoms with Gasteiger partial charge in [0.1, 0.15) is 5.75 Å². The fourth-order valence-electron chi connectivity index (χ4n) is 1.68. The van der Waals surface area contributed by atoms with E-state index in [4.69, 9.17) is 9.84 Å². The molecule has 6 heteroatoms. The van der Waals surface area contributed by atoms with Crippen molar-refractivity contribution >= 4 is 17.5 Å². The Kier molecular flexibility index (Phi) is 7.89. The molecule has 116 valence electrons. The van der Waals surface area contributed by atoms with Crippen molar-refractivity contribution in [1.29, 1.82) is 0 Å². The van der Waals surface area contributed by atoms with E-state index >= 15 is 0 Å². The number of benzene rings is 1. The Balaban J connectivity index is 2.32. The third-order valence-electron chi connectivity index (χ3n) is 2.75.